The van der Waals surface area contributed by atoms with Crippen molar-refractivity contribution in [3.05, 3.63) is 62.1 Å². The van der Waals surface area contributed by atoms with E-state index in [0.29, 0.717) is 29.7 Å². The zero-order valence-electron chi connectivity index (χ0n) is 17.5. The van der Waals surface area contributed by atoms with Crippen molar-refractivity contribution in [1.82, 2.24) is 18.7 Å². The second kappa shape index (κ2) is 8.48. The molecule has 3 rings (SSSR count). The van der Waals surface area contributed by atoms with Gasteiger partial charge in [-0.25, -0.2) is 9.78 Å². The van der Waals surface area contributed by atoms with Crippen molar-refractivity contribution < 1.29 is 14.3 Å². The van der Waals surface area contributed by atoms with Gasteiger partial charge in [0.15, 0.2) is 17.8 Å². The first kappa shape index (κ1) is 21.2. The summed E-state index contributed by atoms with van der Waals surface area (Å²) >= 11 is 0. The minimum Gasteiger partial charge on any atom is -0.457 e. The largest absolute Gasteiger partial charge is 0.457 e. The van der Waals surface area contributed by atoms with Crippen molar-refractivity contribution >= 4 is 22.9 Å². The molecule has 0 aliphatic rings. The fourth-order valence-corrected chi connectivity index (χ4v) is 3.29. The topological polar surface area (TPSA) is 105 Å². The van der Waals surface area contributed by atoms with E-state index in [4.69, 9.17) is 4.74 Å². The fraction of sp³-hybridized carbons (Fsp3) is 0.381. The second-order valence-corrected chi connectivity index (χ2v) is 7.32. The lowest BCUT2D eigenvalue weighted by atomic mass is 10.0. The Morgan fingerprint density at radius 3 is 2.57 bits per heavy atom. The molecule has 1 aromatic carbocycles. The van der Waals surface area contributed by atoms with Crippen molar-refractivity contribution in [2.45, 2.75) is 33.2 Å². The van der Waals surface area contributed by atoms with Crippen molar-refractivity contribution in [3.63, 3.8) is 0 Å². The number of hydrogen-bond donors (Lipinski definition) is 0. The van der Waals surface area contributed by atoms with Gasteiger partial charge in [0.2, 0.25) is 5.78 Å². The monoisotopic (exact) mass is 412 g/mol. The zero-order chi connectivity index (χ0) is 22.0. The molecule has 30 heavy (non-hydrogen) atoms. The Kier molecular flexibility index (Phi) is 6.00. The summed E-state index contributed by atoms with van der Waals surface area (Å²) in [6, 6.07) is 5.56. The lowest BCUT2D eigenvalue weighted by molar-refractivity contribution is -0.142. The van der Waals surface area contributed by atoms with Crippen LogP contribution in [0.5, 0.6) is 0 Å². The summed E-state index contributed by atoms with van der Waals surface area (Å²) in [6.07, 6.45) is 1.96. The Morgan fingerprint density at radius 1 is 1.10 bits per heavy atom. The van der Waals surface area contributed by atoms with Crippen LogP contribution in [0.15, 0.2) is 34.1 Å². The standard InChI is InChI=1S/C21H24N4O5/c1-13-7-8-14(2)15(10-13)16(26)11-30-17(27)6-5-9-25-12-22-19-18(25)20(28)24(4)21(29)23(19)3/h7-8,10,12H,5-6,9,11H2,1-4H3. The van der Waals surface area contributed by atoms with E-state index in [1.54, 1.807) is 17.7 Å². The Hall–Kier alpha value is -3.49. The highest BCUT2D eigenvalue weighted by Gasteiger charge is 2.15. The molecule has 0 spiro atoms. The molecule has 0 saturated carbocycles. The molecule has 0 radical (unpaired) electrons. The molecule has 9 heteroatoms. The number of carbonyl (C=O) groups is 2. The predicted molar refractivity (Wildman–Crippen MR) is 111 cm³/mol. The third-order valence-corrected chi connectivity index (χ3v) is 5.05. The number of aromatic nitrogens is 4. The molecule has 0 aliphatic heterocycles. The molecule has 0 saturated heterocycles. The minimum atomic E-state index is -0.488. The molecule has 2 aromatic heterocycles. The predicted octanol–water partition coefficient (Wildman–Crippen LogP) is 1.26. The molecule has 2 heterocycles. The summed E-state index contributed by atoms with van der Waals surface area (Å²) in [7, 11) is 2.96. The van der Waals surface area contributed by atoms with E-state index >= 15 is 0 Å². The number of ketones is 1. The number of fused-ring (bicyclic) bond motifs is 1. The molecule has 0 fully saturated rings. The van der Waals surface area contributed by atoms with Crippen LogP contribution in [-0.2, 0) is 30.2 Å². The molecule has 9 nitrogen and oxygen atoms in total. The minimum absolute atomic E-state index is 0.0891. The van der Waals surface area contributed by atoms with Gasteiger partial charge in [0.1, 0.15) is 0 Å². The van der Waals surface area contributed by atoms with Crippen LogP contribution < -0.4 is 11.2 Å². The van der Waals surface area contributed by atoms with Gasteiger partial charge in [-0.1, -0.05) is 17.7 Å². The van der Waals surface area contributed by atoms with Gasteiger partial charge in [-0.2, -0.15) is 0 Å². The van der Waals surface area contributed by atoms with Crippen LogP contribution in [0.3, 0.4) is 0 Å². The number of benzene rings is 1. The van der Waals surface area contributed by atoms with E-state index in [1.165, 1.54) is 17.9 Å². The molecule has 0 atom stereocenters. The smallest absolute Gasteiger partial charge is 0.332 e. The first-order valence-electron chi connectivity index (χ1n) is 9.57. The van der Waals surface area contributed by atoms with Crippen molar-refractivity contribution in [2.75, 3.05) is 6.61 Å². The molecule has 0 bridgehead atoms. The van der Waals surface area contributed by atoms with Gasteiger partial charge in [0.25, 0.3) is 5.56 Å². The van der Waals surface area contributed by atoms with E-state index in [9.17, 15) is 19.2 Å². The number of aryl methyl sites for hydroxylation is 4. The second-order valence-electron chi connectivity index (χ2n) is 7.32. The van der Waals surface area contributed by atoms with Crippen LogP contribution in [0.25, 0.3) is 11.2 Å². The third-order valence-electron chi connectivity index (χ3n) is 5.05. The molecule has 0 amide bonds. The molecule has 0 N–H and O–H groups in total. The number of esters is 1. The van der Waals surface area contributed by atoms with E-state index < -0.39 is 17.2 Å². The number of rotatable bonds is 7. The quantitative estimate of drug-likeness (QED) is 0.427. The number of hydrogen-bond acceptors (Lipinski definition) is 6. The van der Waals surface area contributed by atoms with Crippen molar-refractivity contribution in [1.29, 1.82) is 0 Å². The van der Waals surface area contributed by atoms with Gasteiger partial charge >= 0.3 is 11.7 Å². The van der Waals surface area contributed by atoms with Crippen molar-refractivity contribution in [2.24, 2.45) is 14.1 Å². The lowest BCUT2D eigenvalue weighted by Gasteiger charge is -2.08. The average molecular weight is 412 g/mol. The number of ether oxygens (including phenoxy) is 1. The fourth-order valence-electron chi connectivity index (χ4n) is 3.29. The van der Waals surface area contributed by atoms with Gasteiger partial charge in [-0.15, -0.1) is 0 Å². The van der Waals surface area contributed by atoms with Crippen LogP contribution in [-0.4, -0.2) is 37.0 Å². The Balaban J connectivity index is 1.59. The van der Waals surface area contributed by atoms with E-state index in [-0.39, 0.29) is 18.8 Å². The summed E-state index contributed by atoms with van der Waals surface area (Å²) in [4.78, 5) is 52.9. The molecule has 158 valence electrons. The highest BCUT2D eigenvalue weighted by atomic mass is 16.5. The van der Waals surface area contributed by atoms with E-state index in [2.05, 4.69) is 4.98 Å². The van der Waals surface area contributed by atoms with Gasteiger partial charge in [0, 0.05) is 32.6 Å². The molecular weight excluding hydrogens is 388 g/mol. The van der Waals surface area contributed by atoms with Crippen LogP contribution >= 0.6 is 0 Å². The van der Waals surface area contributed by atoms with E-state index in [1.807, 2.05) is 26.0 Å². The summed E-state index contributed by atoms with van der Waals surface area (Å²) in [5.74, 6) is -0.729. The average Bonchev–Trinajstić information content (AvgIpc) is 3.14. The third kappa shape index (κ3) is 4.10. The zero-order valence-corrected chi connectivity index (χ0v) is 17.5. The van der Waals surface area contributed by atoms with Gasteiger partial charge in [-0.05, 0) is 31.9 Å². The highest BCUT2D eigenvalue weighted by Crippen LogP contribution is 2.12. The molecule has 3 aromatic rings. The SMILES string of the molecule is Cc1ccc(C)c(C(=O)COC(=O)CCCn2cnc3c2c(=O)n(C)c(=O)n3C)c1. The maximum absolute atomic E-state index is 12.4. The van der Waals surface area contributed by atoms with Gasteiger partial charge in [0.05, 0.1) is 6.33 Å². The van der Waals surface area contributed by atoms with E-state index in [0.717, 1.165) is 15.7 Å². The normalized spacial score (nSPS) is 11.1. The number of Topliss-reactive ketones (excluding diaryl/α,β-unsaturated/α-hetero) is 1. The maximum Gasteiger partial charge on any atom is 0.332 e. The first-order valence-corrected chi connectivity index (χ1v) is 9.57. The van der Waals surface area contributed by atoms with Gasteiger partial charge < -0.3 is 9.30 Å². The summed E-state index contributed by atoms with van der Waals surface area (Å²) < 4.78 is 9.06. The highest BCUT2D eigenvalue weighted by molar-refractivity contribution is 5.99. The van der Waals surface area contributed by atoms with Gasteiger partial charge in [-0.3, -0.25) is 23.5 Å². The Bertz CT molecular complexity index is 1250. The van der Waals surface area contributed by atoms with Crippen molar-refractivity contribution in [3.8, 4) is 0 Å². The maximum atomic E-state index is 12.4. The van der Waals surface area contributed by atoms with Crippen LogP contribution in [0.4, 0.5) is 0 Å². The Morgan fingerprint density at radius 2 is 1.83 bits per heavy atom. The summed E-state index contributed by atoms with van der Waals surface area (Å²) in [5.41, 5.74) is 2.07. The first-order chi connectivity index (χ1) is 14.2. The molecular formula is C21H24N4O5. The molecule has 0 aliphatic carbocycles. The number of imidazole rings is 1. The van der Waals surface area contributed by atoms with Crippen LogP contribution in [0, 0.1) is 13.8 Å². The van der Waals surface area contributed by atoms with Crippen LogP contribution in [0.2, 0.25) is 0 Å². The summed E-state index contributed by atoms with van der Waals surface area (Å²) in [5, 5.41) is 0. The summed E-state index contributed by atoms with van der Waals surface area (Å²) in [6.45, 7) is 3.78. The molecule has 0 unspecified atom stereocenters. The Labute approximate surface area is 172 Å². The number of carbonyl (C=O) groups excluding carboxylic acids is 2. The van der Waals surface area contributed by atoms with Crippen LogP contribution in [0.1, 0.15) is 34.3 Å². The lowest BCUT2D eigenvalue weighted by Crippen LogP contribution is -2.37. The number of nitrogens with zero attached hydrogens (tertiary/aromatic N) is 4.